The highest BCUT2D eigenvalue weighted by Gasteiger charge is 2.30. The molecule has 0 radical (unpaired) electrons. The van der Waals surface area contributed by atoms with Gasteiger partial charge in [-0.15, -0.1) is 0 Å². The van der Waals surface area contributed by atoms with Crippen molar-refractivity contribution in [3.8, 4) is 0 Å². The molecule has 0 heterocycles. The third kappa shape index (κ3) is 32.5. The molecule has 6 amide bonds. The number of nitrogens with two attached hydrogens (primary N) is 1. The lowest BCUT2D eigenvalue weighted by atomic mass is 9.97. The Kier molecular flexibility index (Phi) is 35.3. The number of aliphatic carboxylic acids is 4. The summed E-state index contributed by atoms with van der Waals surface area (Å²) in [7, 11) is 0. The number of carboxylic acids is 4. The number of nitrogens with one attached hydrogen (secondary N) is 6. The minimum atomic E-state index is -1.66. The number of benzene rings is 1. The van der Waals surface area contributed by atoms with Crippen molar-refractivity contribution in [2.45, 2.75) is 94.2 Å². The average Bonchev–Trinajstić information content (AvgIpc) is 3.35. The Morgan fingerprint density at radius 2 is 1.11 bits per heavy atom. The molecular weight excluding hydrogens is 1010 g/mol. The van der Waals surface area contributed by atoms with E-state index < -0.39 is 109 Å². The largest absolute Gasteiger partial charge is 0.481 e. The van der Waals surface area contributed by atoms with Crippen LogP contribution in [-0.2, 0) is 87.6 Å². The molecule has 0 aliphatic heterocycles. The summed E-state index contributed by atoms with van der Waals surface area (Å²) in [4.78, 5) is 136. The quantitative estimate of drug-likeness (QED) is 0.0104. The molecule has 0 aliphatic carbocycles. The standard InChI is InChI=1S/C44H67N7O22S/c45-29(40(60)47-32(25-39(58)59)41(61)48-33(26-74)43(64)65)6-8-34(53)31(24-28-4-2-1-3-5-28)46-35(54)12-13-67-14-15-68-16-17-69-18-19-70-20-21-71-22-23-73-51-36(55)9-7-30(42(62)63)49-44(66)50-37(72-27-52)10-11-38(56)57/h1-5,27,29-33,37,74H,6-26,45H2,(H,46,54)(H,47,60)(H,48,61)(H,51,55)(H,56,57)(H,58,59)(H,62,63)(H,64,65)(H2,49,50,66)/t29-,30-,31-,32-,33-,37+/m0/s1. The zero-order valence-corrected chi connectivity index (χ0v) is 41.3. The zero-order chi connectivity index (χ0) is 55.1. The Labute approximate surface area is 430 Å². The van der Waals surface area contributed by atoms with Gasteiger partial charge in [0.2, 0.25) is 23.6 Å². The van der Waals surface area contributed by atoms with Crippen molar-refractivity contribution < 1.29 is 106 Å². The summed E-state index contributed by atoms with van der Waals surface area (Å²) in [5.74, 6) is -9.47. The lowest BCUT2D eigenvalue weighted by Gasteiger charge is -2.22. The Morgan fingerprint density at radius 1 is 0.554 bits per heavy atom. The van der Waals surface area contributed by atoms with Crippen LogP contribution in [-0.4, -0.2) is 201 Å². The fourth-order valence-electron chi connectivity index (χ4n) is 5.89. The molecule has 6 atom stereocenters. The predicted molar refractivity (Wildman–Crippen MR) is 255 cm³/mol. The molecule has 0 aliphatic rings. The zero-order valence-electron chi connectivity index (χ0n) is 40.4. The molecule has 0 saturated carbocycles. The lowest BCUT2D eigenvalue weighted by molar-refractivity contribution is -0.143. The van der Waals surface area contributed by atoms with Crippen LogP contribution in [0.3, 0.4) is 0 Å². The summed E-state index contributed by atoms with van der Waals surface area (Å²) in [5.41, 5.74) is 8.84. The number of carbonyl (C=O) groups excluding carboxylic acids is 7. The fourth-order valence-corrected chi connectivity index (χ4v) is 6.14. The summed E-state index contributed by atoms with van der Waals surface area (Å²) in [6.45, 7) is 1.95. The third-order valence-corrected chi connectivity index (χ3v) is 10.1. The van der Waals surface area contributed by atoms with E-state index in [-0.39, 0.29) is 130 Å². The number of hydroxylamine groups is 1. The van der Waals surface area contributed by atoms with Crippen molar-refractivity contribution in [1.82, 2.24) is 32.1 Å². The number of ether oxygens (including phenoxy) is 6. The maximum atomic E-state index is 13.3. The number of Topliss-reactive ketones (excluding diaryl/α,β-unsaturated/α-hetero) is 1. The molecule has 1 aromatic rings. The van der Waals surface area contributed by atoms with E-state index in [0.29, 0.717) is 0 Å². The highest BCUT2D eigenvalue weighted by Crippen LogP contribution is 2.10. The second-order valence-electron chi connectivity index (χ2n) is 15.5. The van der Waals surface area contributed by atoms with E-state index in [0.717, 1.165) is 5.56 Å². The van der Waals surface area contributed by atoms with Crippen molar-refractivity contribution >= 4 is 78.4 Å². The molecule has 12 N–H and O–H groups in total. The van der Waals surface area contributed by atoms with E-state index in [1.54, 1.807) is 30.3 Å². The Bertz CT molecular complexity index is 1920. The Morgan fingerprint density at radius 3 is 1.64 bits per heavy atom. The molecule has 0 spiro atoms. The molecule has 30 heteroatoms. The number of carboxylic acid groups (broad SMARTS) is 4. The van der Waals surface area contributed by atoms with Gasteiger partial charge < -0.3 is 81.2 Å². The minimum absolute atomic E-state index is 0.00173. The van der Waals surface area contributed by atoms with Gasteiger partial charge >= 0.3 is 29.9 Å². The SMILES string of the molecule is N[C@@H](CCC(=O)[C@H](Cc1ccccc1)NC(=O)CCOCCOCCOCCOCCOCCONC(=O)CC[C@H](NC(=O)N[C@@H](CCC(=O)O)OC=O)C(=O)O)C(=O)N[C@@H](CC(=O)O)C(=O)N[C@@H](CS)C(=O)O. The molecule has 0 saturated heterocycles. The summed E-state index contributed by atoms with van der Waals surface area (Å²) in [6.07, 6.45) is -4.01. The van der Waals surface area contributed by atoms with E-state index >= 15 is 0 Å². The molecule has 0 bridgehead atoms. The first kappa shape index (κ1) is 65.5. The van der Waals surface area contributed by atoms with Gasteiger partial charge in [-0.3, -0.25) is 43.2 Å². The van der Waals surface area contributed by atoms with Crippen LogP contribution in [0, 0.1) is 0 Å². The molecular formula is C44H67N7O22S. The third-order valence-electron chi connectivity index (χ3n) is 9.73. The summed E-state index contributed by atoms with van der Waals surface area (Å²) in [6, 6.07) is 0.806. The van der Waals surface area contributed by atoms with E-state index in [4.69, 9.17) is 39.4 Å². The summed E-state index contributed by atoms with van der Waals surface area (Å²) >= 11 is 3.84. The van der Waals surface area contributed by atoms with Gasteiger partial charge in [0.25, 0.3) is 6.47 Å². The van der Waals surface area contributed by atoms with Crippen molar-refractivity contribution in [2.75, 3.05) is 78.4 Å². The highest BCUT2D eigenvalue weighted by molar-refractivity contribution is 7.80. The van der Waals surface area contributed by atoms with Gasteiger partial charge in [-0.1, -0.05) is 30.3 Å². The van der Waals surface area contributed by atoms with E-state index in [9.17, 15) is 68.1 Å². The summed E-state index contributed by atoms with van der Waals surface area (Å²) in [5, 5.41) is 47.7. The molecule has 1 rings (SSSR count). The summed E-state index contributed by atoms with van der Waals surface area (Å²) < 4.78 is 31.7. The first-order valence-corrected chi connectivity index (χ1v) is 23.7. The number of ketones is 1. The first-order valence-electron chi connectivity index (χ1n) is 23.0. The maximum Gasteiger partial charge on any atom is 0.327 e. The highest BCUT2D eigenvalue weighted by atomic mass is 32.1. The second kappa shape index (κ2) is 39.9. The number of thiol groups is 1. The van der Waals surface area contributed by atoms with Crippen LogP contribution in [0.1, 0.15) is 56.9 Å². The van der Waals surface area contributed by atoms with Crippen LogP contribution < -0.4 is 37.8 Å². The van der Waals surface area contributed by atoms with Crippen LogP contribution in [0.2, 0.25) is 0 Å². The number of rotatable bonds is 45. The normalized spacial score (nSPS) is 13.3. The fraction of sp³-hybridized carbons (Fsp3) is 0.614. The van der Waals surface area contributed by atoms with Crippen molar-refractivity contribution in [3.63, 3.8) is 0 Å². The van der Waals surface area contributed by atoms with Gasteiger partial charge in [-0.05, 0) is 24.8 Å². The minimum Gasteiger partial charge on any atom is -0.481 e. The van der Waals surface area contributed by atoms with Gasteiger partial charge in [0.1, 0.15) is 18.1 Å². The molecule has 0 fully saturated rings. The maximum absolute atomic E-state index is 13.3. The van der Waals surface area contributed by atoms with Crippen molar-refractivity contribution in [3.05, 3.63) is 35.9 Å². The lowest BCUT2D eigenvalue weighted by Crippen LogP contribution is -2.55. The molecule has 416 valence electrons. The number of carbonyl (C=O) groups is 11. The predicted octanol–water partition coefficient (Wildman–Crippen LogP) is -2.73. The van der Waals surface area contributed by atoms with E-state index in [1.807, 2.05) is 0 Å². The number of hydrogen-bond donors (Lipinski definition) is 12. The van der Waals surface area contributed by atoms with Crippen LogP contribution in [0.4, 0.5) is 4.79 Å². The van der Waals surface area contributed by atoms with Crippen molar-refractivity contribution in [1.29, 1.82) is 0 Å². The van der Waals surface area contributed by atoms with E-state index in [2.05, 4.69) is 49.4 Å². The number of amides is 6. The molecule has 0 aromatic heterocycles. The van der Waals surface area contributed by atoms with Gasteiger partial charge in [-0.2, -0.15) is 12.6 Å². The van der Waals surface area contributed by atoms with Crippen LogP contribution in [0.25, 0.3) is 0 Å². The second-order valence-corrected chi connectivity index (χ2v) is 15.9. The Hall–Kier alpha value is -6.54. The van der Waals surface area contributed by atoms with Crippen LogP contribution in [0.5, 0.6) is 0 Å². The van der Waals surface area contributed by atoms with Gasteiger partial charge in [0.05, 0.1) is 97.6 Å². The van der Waals surface area contributed by atoms with E-state index in [1.165, 1.54) is 0 Å². The van der Waals surface area contributed by atoms with Crippen LogP contribution in [0.15, 0.2) is 30.3 Å². The molecule has 0 unspecified atom stereocenters. The van der Waals surface area contributed by atoms with Crippen LogP contribution >= 0.6 is 12.6 Å². The van der Waals surface area contributed by atoms with Gasteiger partial charge in [0.15, 0.2) is 12.0 Å². The molecule has 1 aromatic carbocycles. The first-order chi connectivity index (χ1) is 35.4. The molecule has 74 heavy (non-hydrogen) atoms. The van der Waals surface area contributed by atoms with Gasteiger partial charge in [-0.25, -0.2) is 19.9 Å². The molecule has 29 nitrogen and oxygen atoms in total. The van der Waals surface area contributed by atoms with Gasteiger partial charge in [0, 0.05) is 31.4 Å². The topological polar surface area (TPSA) is 431 Å². The monoisotopic (exact) mass is 1080 g/mol. The Balaban J connectivity index is 2.24. The average molecular weight is 1080 g/mol. The number of urea groups is 1. The van der Waals surface area contributed by atoms with Crippen molar-refractivity contribution in [2.24, 2.45) is 5.73 Å². The smallest absolute Gasteiger partial charge is 0.327 e. The number of hydrogen-bond acceptors (Lipinski definition) is 20.